The fourth-order valence-electron chi connectivity index (χ4n) is 2.41. The maximum Gasteiger partial charge on any atom is 0.239 e. The Labute approximate surface area is 192 Å². The van der Waals surface area contributed by atoms with Gasteiger partial charge < -0.3 is 25.4 Å². The molecule has 166 valence electrons. The van der Waals surface area contributed by atoms with E-state index in [1.54, 1.807) is 0 Å². The highest BCUT2D eigenvalue weighted by molar-refractivity contribution is 14.0. The molecule has 0 saturated heterocycles. The summed E-state index contributed by atoms with van der Waals surface area (Å²) in [5.74, 6) is 1.32. The molecule has 0 bridgehead atoms. The molecule has 0 unspecified atom stereocenters. The molecule has 0 heterocycles. The summed E-state index contributed by atoms with van der Waals surface area (Å²) >= 11 is 0. The van der Waals surface area contributed by atoms with Crippen LogP contribution in [0.4, 0.5) is 0 Å². The van der Waals surface area contributed by atoms with Gasteiger partial charge in [-0.1, -0.05) is 12.1 Å². The zero-order valence-electron chi connectivity index (χ0n) is 18.6. The van der Waals surface area contributed by atoms with Crippen molar-refractivity contribution in [3.05, 3.63) is 29.3 Å². The van der Waals surface area contributed by atoms with E-state index >= 15 is 0 Å². The van der Waals surface area contributed by atoms with E-state index in [2.05, 4.69) is 20.9 Å². The summed E-state index contributed by atoms with van der Waals surface area (Å²) in [5.41, 5.74) is 1.85. The first-order valence-electron chi connectivity index (χ1n) is 9.88. The molecule has 1 amide bonds. The van der Waals surface area contributed by atoms with E-state index < -0.39 is 0 Å². The second kappa shape index (κ2) is 14.4. The van der Waals surface area contributed by atoms with Crippen molar-refractivity contribution < 1.29 is 14.3 Å². The Kier molecular flexibility index (Phi) is 13.7. The average Bonchev–Trinajstić information content (AvgIpc) is 2.61. The van der Waals surface area contributed by atoms with Gasteiger partial charge in [0.1, 0.15) is 12.4 Å². The Morgan fingerprint density at radius 3 is 2.48 bits per heavy atom. The Morgan fingerprint density at radius 2 is 1.86 bits per heavy atom. The van der Waals surface area contributed by atoms with Crippen LogP contribution in [0.15, 0.2) is 23.2 Å². The van der Waals surface area contributed by atoms with E-state index in [4.69, 9.17) is 9.47 Å². The molecule has 1 rings (SSSR count). The summed E-state index contributed by atoms with van der Waals surface area (Å²) in [4.78, 5) is 16.6. The smallest absolute Gasteiger partial charge is 0.239 e. The number of halogens is 1. The molecule has 0 aromatic heterocycles. The quantitative estimate of drug-likeness (QED) is 0.191. The number of guanidine groups is 1. The van der Waals surface area contributed by atoms with Gasteiger partial charge in [-0.3, -0.25) is 4.79 Å². The monoisotopic (exact) mass is 520 g/mol. The second-order valence-electron chi connectivity index (χ2n) is 7.50. The maximum atomic E-state index is 12.0. The Morgan fingerprint density at radius 1 is 1.14 bits per heavy atom. The van der Waals surface area contributed by atoms with Crippen LogP contribution < -0.4 is 20.7 Å². The predicted octanol–water partition coefficient (Wildman–Crippen LogP) is 3.00. The molecule has 29 heavy (non-hydrogen) atoms. The molecular weight excluding hydrogens is 483 g/mol. The van der Waals surface area contributed by atoms with Crippen LogP contribution in [0.2, 0.25) is 0 Å². The van der Waals surface area contributed by atoms with Crippen LogP contribution in [-0.4, -0.2) is 50.3 Å². The third-order valence-corrected chi connectivity index (χ3v) is 3.59. The Bertz CT molecular complexity index is 645. The average molecular weight is 520 g/mol. The largest absolute Gasteiger partial charge is 0.491 e. The summed E-state index contributed by atoms with van der Waals surface area (Å²) in [6.07, 6.45) is 0. The van der Waals surface area contributed by atoms with Crippen LogP contribution in [0, 0.1) is 6.92 Å². The lowest BCUT2D eigenvalue weighted by Crippen LogP contribution is -2.48. The number of carbonyl (C=O) groups excluding carboxylic acids is 1. The van der Waals surface area contributed by atoms with Crippen molar-refractivity contribution in [2.24, 2.45) is 4.99 Å². The summed E-state index contributed by atoms with van der Waals surface area (Å²) in [6.45, 7) is 14.9. The van der Waals surface area contributed by atoms with Crippen LogP contribution in [0.3, 0.4) is 0 Å². The lowest BCUT2D eigenvalue weighted by atomic mass is 10.1. The molecular formula is C21H37IN4O3. The van der Waals surface area contributed by atoms with Crippen molar-refractivity contribution in [2.45, 2.75) is 53.6 Å². The van der Waals surface area contributed by atoms with Crippen LogP contribution in [0.1, 0.15) is 45.7 Å². The standard InChI is InChI=1S/C21H36N4O3.HI/c1-7-22-20(24-15-19(26)25-21(4,5)6)23-14-17-10-9-16(3)13-18(17)28-12-11-27-8-2;/h9-10,13H,7-8,11-12,14-15H2,1-6H3,(H,25,26)(H2,22,23,24);1H. The summed E-state index contributed by atoms with van der Waals surface area (Å²) in [6, 6.07) is 6.07. The highest BCUT2D eigenvalue weighted by Gasteiger charge is 2.13. The summed E-state index contributed by atoms with van der Waals surface area (Å²) in [7, 11) is 0. The molecule has 1 aromatic carbocycles. The number of nitrogens with one attached hydrogen (secondary N) is 3. The van der Waals surface area contributed by atoms with E-state index in [1.165, 1.54) is 0 Å². The minimum atomic E-state index is -0.260. The van der Waals surface area contributed by atoms with Gasteiger partial charge in [0.25, 0.3) is 0 Å². The molecule has 1 aromatic rings. The molecule has 0 fully saturated rings. The van der Waals surface area contributed by atoms with Gasteiger partial charge in [-0.15, -0.1) is 24.0 Å². The van der Waals surface area contributed by atoms with Crippen LogP contribution in [-0.2, 0) is 16.1 Å². The Hall–Kier alpha value is -1.55. The highest BCUT2D eigenvalue weighted by atomic mass is 127. The topological polar surface area (TPSA) is 84.0 Å². The van der Waals surface area contributed by atoms with E-state index in [1.807, 2.05) is 59.7 Å². The van der Waals surface area contributed by atoms with Crippen molar-refractivity contribution >= 4 is 35.8 Å². The first kappa shape index (κ1) is 27.5. The van der Waals surface area contributed by atoms with Crippen LogP contribution >= 0.6 is 24.0 Å². The normalized spacial score (nSPS) is 11.4. The van der Waals surface area contributed by atoms with Gasteiger partial charge in [-0.25, -0.2) is 4.99 Å². The third kappa shape index (κ3) is 12.6. The van der Waals surface area contributed by atoms with E-state index in [-0.39, 0.29) is 42.0 Å². The highest BCUT2D eigenvalue weighted by Crippen LogP contribution is 2.21. The number of aryl methyl sites for hydroxylation is 1. The van der Waals surface area contributed by atoms with Crippen LogP contribution in [0.25, 0.3) is 0 Å². The van der Waals surface area contributed by atoms with Gasteiger partial charge in [0.05, 0.1) is 19.7 Å². The number of hydrogen-bond donors (Lipinski definition) is 3. The molecule has 0 aliphatic carbocycles. The van der Waals surface area contributed by atoms with E-state index in [0.717, 1.165) is 16.9 Å². The number of benzene rings is 1. The predicted molar refractivity (Wildman–Crippen MR) is 129 cm³/mol. The number of amides is 1. The number of ether oxygens (including phenoxy) is 2. The van der Waals surface area contributed by atoms with E-state index in [9.17, 15) is 4.79 Å². The van der Waals surface area contributed by atoms with Gasteiger partial charge in [0.2, 0.25) is 5.91 Å². The van der Waals surface area contributed by atoms with Crippen LogP contribution in [0.5, 0.6) is 5.75 Å². The summed E-state index contributed by atoms with van der Waals surface area (Å²) in [5, 5.41) is 9.15. The van der Waals surface area contributed by atoms with Crippen molar-refractivity contribution in [2.75, 3.05) is 32.9 Å². The van der Waals surface area contributed by atoms with Crippen molar-refractivity contribution in [1.29, 1.82) is 0 Å². The lowest BCUT2D eigenvalue weighted by Gasteiger charge is -2.21. The SMILES string of the molecule is CCNC(=NCc1ccc(C)cc1OCCOCC)NCC(=O)NC(C)(C)C.I. The molecule has 0 atom stereocenters. The first-order valence-corrected chi connectivity index (χ1v) is 9.88. The fraction of sp³-hybridized carbons (Fsp3) is 0.619. The van der Waals surface area contributed by atoms with Gasteiger partial charge in [-0.05, 0) is 53.2 Å². The minimum absolute atomic E-state index is 0. The maximum absolute atomic E-state index is 12.0. The molecule has 8 heteroatoms. The van der Waals surface area contributed by atoms with Gasteiger partial charge in [-0.2, -0.15) is 0 Å². The number of rotatable bonds is 10. The van der Waals surface area contributed by atoms with Gasteiger partial charge in [0, 0.05) is 24.3 Å². The molecule has 0 aliphatic heterocycles. The van der Waals surface area contributed by atoms with Crippen molar-refractivity contribution in [3.8, 4) is 5.75 Å². The molecule has 7 nitrogen and oxygen atoms in total. The number of aliphatic imine (C=N–C) groups is 1. The zero-order valence-corrected chi connectivity index (χ0v) is 20.9. The molecule has 0 saturated carbocycles. The number of nitrogens with zero attached hydrogens (tertiary/aromatic N) is 1. The van der Waals surface area contributed by atoms with Gasteiger partial charge in [0.15, 0.2) is 5.96 Å². The third-order valence-electron chi connectivity index (χ3n) is 3.59. The number of hydrogen-bond acceptors (Lipinski definition) is 4. The van der Waals surface area contributed by atoms with Gasteiger partial charge >= 0.3 is 0 Å². The molecule has 0 spiro atoms. The Balaban J connectivity index is 0.00000784. The van der Waals surface area contributed by atoms with Crippen molar-refractivity contribution in [1.82, 2.24) is 16.0 Å². The molecule has 3 N–H and O–H groups in total. The summed E-state index contributed by atoms with van der Waals surface area (Å²) < 4.78 is 11.2. The fourth-order valence-corrected chi connectivity index (χ4v) is 2.41. The van der Waals surface area contributed by atoms with Crippen molar-refractivity contribution in [3.63, 3.8) is 0 Å². The molecule has 0 aliphatic rings. The number of carbonyl (C=O) groups is 1. The first-order chi connectivity index (χ1) is 13.2. The second-order valence-corrected chi connectivity index (χ2v) is 7.50. The molecule has 0 radical (unpaired) electrons. The zero-order chi connectivity index (χ0) is 21.0. The van der Waals surface area contributed by atoms with E-state index in [0.29, 0.717) is 38.9 Å². The lowest BCUT2D eigenvalue weighted by molar-refractivity contribution is -0.121. The minimum Gasteiger partial charge on any atom is -0.491 e.